The molecule has 1 heterocycles. The van der Waals surface area contributed by atoms with E-state index >= 15 is 0 Å². The number of anilines is 1. The third kappa shape index (κ3) is 4.97. The van der Waals surface area contributed by atoms with E-state index in [1.54, 1.807) is 18.2 Å². The smallest absolute Gasteiger partial charge is 0.289 e. The van der Waals surface area contributed by atoms with E-state index in [4.69, 9.17) is 21.1 Å². The van der Waals surface area contributed by atoms with Crippen LogP contribution in [0.2, 0.25) is 5.02 Å². The van der Waals surface area contributed by atoms with Crippen LogP contribution in [0.5, 0.6) is 5.75 Å². The largest absolute Gasteiger partial charge is 0.490 e. The van der Waals surface area contributed by atoms with E-state index in [2.05, 4.69) is 21.2 Å². The zero-order valence-corrected chi connectivity index (χ0v) is 16.5. The Balaban J connectivity index is 1.67. The second kappa shape index (κ2) is 8.69. The van der Waals surface area contributed by atoms with Gasteiger partial charge in [0.05, 0.1) is 15.5 Å². The van der Waals surface area contributed by atoms with Gasteiger partial charge >= 0.3 is 0 Å². The zero-order chi connectivity index (χ0) is 19.4. The number of benzene rings is 2. The fourth-order valence-electron chi connectivity index (χ4n) is 2.65. The molecule has 1 amide bonds. The second-order valence-corrected chi connectivity index (χ2v) is 7.23. The van der Waals surface area contributed by atoms with Crippen molar-refractivity contribution < 1.29 is 19.2 Å². The lowest BCUT2D eigenvalue weighted by Gasteiger charge is -2.13. The summed E-state index contributed by atoms with van der Waals surface area (Å²) in [5.74, 6) is 0.210. The highest BCUT2D eigenvalue weighted by atomic mass is 79.9. The molecule has 1 aliphatic heterocycles. The lowest BCUT2D eigenvalue weighted by molar-refractivity contribution is -0.384. The highest BCUT2D eigenvalue weighted by Crippen LogP contribution is 2.29. The monoisotopic (exact) mass is 454 g/mol. The van der Waals surface area contributed by atoms with E-state index in [9.17, 15) is 14.9 Å². The van der Waals surface area contributed by atoms with Crippen molar-refractivity contribution in [1.29, 1.82) is 0 Å². The van der Waals surface area contributed by atoms with Crippen molar-refractivity contribution in [1.82, 2.24) is 0 Å². The van der Waals surface area contributed by atoms with Gasteiger partial charge in [-0.2, -0.15) is 0 Å². The molecule has 0 bridgehead atoms. The molecule has 2 aromatic rings. The summed E-state index contributed by atoms with van der Waals surface area (Å²) in [5.41, 5.74) is 0.392. The molecule has 1 saturated heterocycles. The lowest BCUT2D eigenvalue weighted by Crippen LogP contribution is -2.16. The van der Waals surface area contributed by atoms with Crippen molar-refractivity contribution in [2.75, 3.05) is 18.5 Å². The number of hydrogen-bond acceptors (Lipinski definition) is 5. The number of nitrogens with zero attached hydrogens (tertiary/aromatic N) is 1. The number of halogens is 2. The summed E-state index contributed by atoms with van der Waals surface area (Å²) in [6, 6.07) is 9.03. The lowest BCUT2D eigenvalue weighted by atomic mass is 10.2. The van der Waals surface area contributed by atoms with Crippen LogP contribution in [-0.2, 0) is 4.74 Å². The van der Waals surface area contributed by atoms with Gasteiger partial charge in [0.15, 0.2) is 0 Å². The van der Waals surface area contributed by atoms with Gasteiger partial charge in [0.1, 0.15) is 17.4 Å². The number of ether oxygens (including phenoxy) is 2. The average Bonchev–Trinajstić information content (AvgIpc) is 3.15. The minimum absolute atomic E-state index is 0.00786. The number of hydrogen-bond donors (Lipinski definition) is 1. The van der Waals surface area contributed by atoms with Crippen molar-refractivity contribution in [2.45, 2.75) is 18.9 Å². The van der Waals surface area contributed by atoms with Gasteiger partial charge in [0.25, 0.3) is 11.6 Å². The molecular weight excluding hydrogens is 440 g/mol. The first-order chi connectivity index (χ1) is 12.9. The maximum Gasteiger partial charge on any atom is 0.289 e. The number of amides is 1. The molecule has 1 N–H and O–H groups in total. The predicted octanol–water partition coefficient (Wildman–Crippen LogP) is 4.82. The Kier molecular flexibility index (Phi) is 6.30. The van der Waals surface area contributed by atoms with Gasteiger partial charge < -0.3 is 14.8 Å². The van der Waals surface area contributed by atoms with Gasteiger partial charge in [-0.15, -0.1) is 0 Å². The molecule has 3 rings (SSSR count). The van der Waals surface area contributed by atoms with Crippen LogP contribution in [-0.4, -0.2) is 30.1 Å². The molecule has 1 unspecified atom stereocenters. The molecular formula is C18H16BrClN2O5. The number of carbonyl (C=O) groups excluding carboxylic acids is 1. The minimum Gasteiger partial charge on any atom is -0.490 e. The number of carbonyl (C=O) groups is 1. The van der Waals surface area contributed by atoms with E-state index in [0.717, 1.165) is 19.4 Å². The third-order valence-electron chi connectivity index (χ3n) is 4.04. The van der Waals surface area contributed by atoms with Gasteiger partial charge in [-0.1, -0.05) is 11.6 Å². The van der Waals surface area contributed by atoms with Crippen LogP contribution < -0.4 is 10.1 Å². The fraction of sp³-hybridized carbons (Fsp3) is 0.278. The molecule has 0 aromatic heterocycles. The molecule has 142 valence electrons. The molecule has 2 aromatic carbocycles. The van der Waals surface area contributed by atoms with E-state index < -0.39 is 10.8 Å². The normalized spacial score (nSPS) is 16.1. The van der Waals surface area contributed by atoms with E-state index in [1.165, 1.54) is 18.2 Å². The molecule has 27 heavy (non-hydrogen) atoms. The Morgan fingerprint density at radius 2 is 2.19 bits per heavy atom. The van der Waals surface area contributed by atoms with Gasteiger partial charge in [0.2, 0.25) is 0 Å². The van der Waals surface area contributed by atoms with Crippen molar-refractivity contribution in [3.05, 3.63) is 61.6 Å². The summed E-state index contributed by atoms with van der Waals surface area (Å²) in [4.78, 5) is 22.8. The molecule has 0 saturated carbocycles. The highest BCUT2D eigenvalue weighted by molar-refractivity contribution is 9.10. The molecule has 1 aliphatic rings. The van der Waals surface area contributed by atoms with Gasteiger partial charge in [-0.3, -0.25) is 14.9 Å². The van der Waals surface area contributed by atoms with E-state index in [1.807, 2.05) is 0 Å². The Hall–Kier alpha value is -2.16. The quantitative estimate of drug-likeness (QED) is 0.498. The molecule has 0 radical (unpaired) electrons. The van der Waals surface area contributed by atoms with E-state index in [-0.39, 0.29) is 22.5 Å². The molecule has 0 aliphatic carbocycles. The third-order valence-corrected chi connectivity index (χ3v) is 4.98. The van der Waals surface area contributed by atoms with Crippen LogP contribution in [0, 0.1) is 10.1 Å². The summed E-state index contributed by atoms with van der Waals surface area (Å²) in [6.07, 6.45) is 2.11. The predicted molar refractivity (Wildman–Crippen MR) is 105 cm³/mol. The summed E-state index contributed by atoms with van der Waals surface area (Å²) < 4.78 is 11.9. The summed E-state index contributed by atoms with van der Waals surface area (Å²) in [7, 11) is 0. The first-order valence-corrected chi connectivity index (χ1v) is 9.40. The zero-order valence-electron chi connectivity index (χ0n) is 14.1. The van der Waals surface area contributed by atoms with Crippen LogP contribution >= 0.6 is 27.5 Å². The maximum absolute atomic E-state index is 12.4. The van der Waals surface area contributed by atoms with Crippen LogP contribution in [0.25, 0.3) is 0 Å². The Bertz CT molecular complexity index is 871. The number of rotatable bonds is 6. The van der Waals surface area contributed by atoms with Crippen molar-refractivity contribution in [2.24, 2.45) is 0 Å². The Morgan fingerprint density at radius 3 is 2.85 bits per heavy atom. The number of nitro groups is 1. The van der Waals surface area contributed by atoms with Crippen LogP contribution in [0.1, 0.15) is 23.2 Å². The van der Waals surface area contributed by atoms with Crippen molar-refractivity contribution in [3.8, 4) is 5.75 Å². The standard InChI is InChI=1S/C18H16BrClN2O5/c19-14-8-11(3-6-17(14)27-10-13-2-1-7-26-13)18(23)21-12-4-5-15(20)16(9-12)22(24)25/h3-6,8-9,13H,1-2,7,10H2,(H,21,23). The first kappa shape index (κ1) is 19.6. The van der Waals surface area contributed by atoms with E-state index in [0.29, 0.717) is 22.4 Å². The first-order valence-electron chi connectivity index (χ1n) is 8.23. The summed E-state index contributed by atoms with van der Waals surface area (Å²) >= 11 is 9.17. The van der Waals surface area contributed by atoms with Crippen molar-refractivity contribution >= 4 is 44.8 Å². The maximum atomic E-state index is 12.4. The van der Waals surface area contributed by atoms with Gasteiger partial charge in [-0.25, -0.2) is 0 Å². The molecule has 0 spiro atoms. The fourth-order valence-corrected chi connectivity index (χ4v) is 3.33. The molecule has 9 heteroatoms. The Morgan fingerprint density at radius 1 is 1.37 bits per heavy atom. The molecule has 1 fully saturated rings. The SMILES string of the molecule is O=C(Nc1ccc(Cl)c([N+](=O)[O-])c1)c1ccc(OCC2CCCO2)c(Br)c1. The second-order valence-electron chi connectivity index (χ2n) is 5.97. The summed E-state index contributed by atoms with van der Waals surface area (Å²) in [6.45, 7) is 1.22. The number of nitrogens with one attached hydrogen (secondary N) is 1. The number of nitro benzene ring substituents is 1. The minimum atomic E-state index is -0.602. The van der Waals surface area contributed by atoms with Crippen LogP contribution in [0.4, 0.5) is 11.4 Å². The molecule has 1 atom stereocenters. The van der Waals surface area contributed by atoms with Gasteiger partial charge in [-0.05, 0) is 59.1 Å². The van der Waals surface area contributed by atoms with Crippen LogP contribution in [0.3, 0.4) is 0 Å². The average molecular weight is 456 g/mol. The van der Waals surface area contributed by atoms with Crippen molar-refractivity contribution in [3.63, 3.8) is 0 Å². The molecule has 7 nitrogen and oxygen atoms in total. The summed E-state index contributed by atoms with van der Waals surface area (Å²) in [5, 5.41) is 13.6. The van der Waals surface area contributed by atoms with Gasteiger partial charge in [0, 0.05) is 23.9 Å². The highest BCUT2D eigenvalue weighted by Gasteiger charge is 2.18. The topological polar surface area (TPSA) is 90.7 Å². The Labute approximate surface area is 168 Å². The van der Waals surface area contributed by atoms with Crippen LogP contribution in [0.15, 0.2) is 40.9 Å².